The largest absolute Gasteiger partial charge is 0.208 e. The Kier molecular flexibility index (Phi) is 5.67. The first-order valence-corrected chi connectivity index (χ1v) is 9.33. The smallest absolute Gasteiger partial charge is 0.162 e. The van der Waals surface area contributed by atoms with E-state index in [9.17, 15) is 8.78 Å². The lowest BCUT2D eigenvalue weighted by molar-refractivity contribution is 0.305. The molecule has 0 saturated heterocycles. The lowest BCUT2D eigenvalue weighted by Crippen LogP contribution is -2.14. The van der Waals surface area contributed by atoms with Crippen LogP contribution in [0.4, 0.5) is 8.78 Å². The molecule has 3 rings (SSSR count). The Morgan fingerprint density at radius 1 is 1.04 bits per heavy atom. The van der Waals surface area contributed by atoms with Crippen LogP contribution in [0.15, 0.2) is 54.9 Å². The highest BCUT2D eigenvalue weighted by Gasteiger charge is 2.25. The third-order valence-electron chi connectivity index (χ3n) is 5.37. The summed E-state index contributed by atoms with van der Waals surface area (Å²) < 4.78 is 29.3. The summed E-state index contributed by atoms with van der Waals surface area (Å²) in [5.74, 6) is -1.12. The second kappa shape index (κ2) is 7.95. The maximum Gasteiger partial charge on any atom is 0.162 e. The topological polar surface area (TPSA) is 0 Å². The molecule has 0 bridgehead atoms. The Morgan fingerprint density at radius 2 is 1.72 bits per heavy atom. The maximum atomic E-state index is 14.7. The van der Waals surface area contributed by atoms with Gasteiger partial charge in [-0.05, 0) is 60.4 Å². The highest BCUT2D eigenvalue weighted by Crippen LogP contribution is 2.38. The van der Waals surface area contributed by atoms with E-state index in [0.29, 0.717) is 24.3 Å². The molecule has 0 spiro atoms. The number of halogens is 2. The Labute approximate surface area is 149 Å². The van der Waals surface area contributed by atoms with Gasteiger partial charge < -0.3 is 0 Å². The Bertz CT molecular complexity index is 780. The minimum Gasteiger partial charge on any atom is -0.208 e. The molecule has 1 aliphatic rings. The number of hydrogen-bond acceptors (Lipinski definition) is 0. The summed E-state index contributed by atoms with van der Waals surface area (Å²) >= 11 is 0. The fourth-order valence-corrected chi connectivity index (χ4v) is 3.80. The van der Waals surface area contributed by atoms with Gasteiger partial charge in [0.05, 0.1) is 0 Å². The predicted octanol–water partition coefficient (Wildman–Crippen LogP) is 7.39. The van der Waals surface area contributed by atoms with Gasteiger partial charge in [0, 0.05) is 11.5 Å². The van der Waals surface area contributed by atoms with Crippen molar-refractivity contribution in [2.24, 2.45) is 11.8 Å². The SMILES string of the molecule is C=CC1CCC(C(F)=C(F)c2ccc3cc(CCC)ccc3c2)CC1. The molecule has 2 aromatic rings. The van der Waals surface area contributed by atoms with E-state index in [1.807, 2.05) is 18.2 Å². The third-order valence-corrected chi connectivity index (χ3v) is 5.37. The fraction of sp³-hybridized carbons (Fsp3) is 0.391. The zero-order chi connectivity index (χ0) is 17.8. The molecule has 0 N–H and O–H groups in total. The van der Waals surface area contributed by atoms with E-state index in [0.717, 1.165) is 36.5 Å². The standard InChI is InChI=1S/C23H26F2/c1-3-5-17-8-11-20-15-21(13-12-19(20)14-17)23(25)22(24)18-9-6-16(4-2)7-10-18/h4,8,11-16,18H,2-3,5-7,9-10H2,1H3. The molecule has 1 aliphatic carbocycles. The van der Waals surface area contributed by atoms with Crippen molar-refractivity contribution in [3.63, 3.8) is 0 Å². The Balaban J connectivity index is 1.84. The van der Waals surface area contributed by atoms with E-state index >= 15 is 0 Å². The lowest BCUT2D eigenvalue weighted by Gasteiger charge is -2.25. The number of rotatable bonds is 5. The van der Waals surface area contributed by atoms with Gasteiger partial charge in [-0.15, -0.1) is 6.58 Å². The summed E-state index contributed by atoms with van der Waals surface area (Å²) in [4.78, 5) is 0. The van der Waals surface area contributed by atoms with Crippen LogP contribution in [0.5, 0.6) is 0 Å². The Morgan fingerprint density at radius 3 is 2.40 bits per heavy atom. The van der Waals surface area contributed by atoms with Crippen molar-refractivity contribution in [3.05, 3.63) is 66.0 Å². The number of aryl methyl sites for hydroxylation is 1. The molecule has 2 aromatic carbocycles. The van der Waals surface area contributed by atoms with Crippen molar-refractivity contribution >= 4 is 16.6 Å². The summed E-state index contributed by atoms with van der Waals surface area (Å²) in [6.07, 6.45) is 7.26. The van der Waals surface area contributed by atoms with Crippen molar-refractivity contribution in [2.75, 3.05) is 0 Å². The van der Waals surface area contributed by atoms with Crippen molar-refractivity contribution in [1.82, 2.24) is 0 Å². The molecule has 0 aliphatic heterocycles. The molecule has 25 heavy (non-hydrogen) atoms. The van der Waals surface area contributed by atoms with Crippen molar-refractivity contribution in [1.29, 1.82) is 0 Å². The van der Waals surface area contributed by atoms with Gasteiger partial charge in [-0.1, -0.05) is 49.8 Å². The van der Waals surface area contributed by atoms with Gasteiger partial charge in [0.1, 0.15) is 5.83 Å². The van der Waals surface area contributed by atoms with Crippen molar-refractivity contribution in [3.8, 4) is 0 Å². The van der Waals surface area contributed by atoms with E-state index in [1.165, 1.54) is 5.56 Å². The first kappa shape index (κ1) is 17.8. The van der Waals surface area contributed by atoms with Crippen molar-refractivity contribution < 1.29 is 8.78 Å². The minimum atomic E-state index is -0.693. The second-order valence-corrected chi connectivity index (χ2v) is 7.16. The van der Waals surface area contributed by atoms with Gasteiger partial charge in [0.25, 0.3) is 0 Å². The fourth-order valence-electron chi connectivity index (χ4n) is 3.80. The molecule has 0 radical (unpaired) electrons. The number of fused-ring (bicyclic) bond motifs is 1. The summed E-state index contributed by atoms with van der Waals surface area (Å²) in [7, 11) is 0. The number of hydrogen-bond donors (Lipinski definition) is 0. The van der Waals surface area contributed by atoms with Crippen LogP contribution in [0.2, 0.25) is 0 Å². The molecule has 0 amide bonds. The highest BCUT2D eigenvalue weighted by molar-refractivity contribution is 5.86. The van der Waals surface area contributed by atoms with Crippen LogP contribution in [0.1, 0.15) is 50.2 Å². The van der Waals surface area contributed by atoms with Gasteiger partial charge in [0.15, 0.2) is 5.83 Å². The first-order chi connectivity index (χ1) is 12.1. The molecule has 0 nitrogen and oxygen atoms in total. The zero-order valence-corrected chi connectivity index (χ0v) is 14.9. The van der Waals surface area contributed by atoms with Gasteiger partial charge >= 0.3 is 0 Å². The molecule has 2 heteroatoms. The monoisotopic (exact) mass is 340 g/mol. The predicted molar refractivity (Wildman–Crippen MR) is 103 cm³/mol. The average Bonchev–Trinajstić information content (AvgIpc) is 2.66. The molecule has 0 heterocycles. The van der Waals surface area contributed by atoms with Gasteiger partial charge in [-0.3, -0.25) is 0 Å². The summed E-state index contributed by atoms with van der Waals surface area (Å²) in [6, 6.07) is 11.6. The normalized spacial score (nSPS) is 21.9. The molecule has 1 fully saturated rings. The van der Waals surface area contributed by atoms with Crippen LogP contribution in [-0.4, -0.2) is 0 Å². The summed E-state index contributed by atoms with van der Waals surface area (Å²) in [6.45, 7) is 5.96. The van der Waals surface area contributed by atoms with E-state index in [-0.39, 0.29) is 5.92 Å². The maximum absolute atomic E-state index is 14.7. The molecule has 132 valence electrons. The summed E-state index contributed by atoms with van der Waals surface area (Å²) in [5, 5.41) is 2.03. The molecule has 1 saturated carbocycles. The van der Waals surface area contributed by atoms with Crippen LogP contribution in [-0.2, 0) is 6.42 Å². The third kappa shape index (κ3) is 4.00. The molecule has 0 unspecified atom stereocenters. The quantitative estimate of drug-likeness (QED) is 0.498. The van der Waals surface area contributed by atoms with Crippen LogP contribution >= 0.6 is 0 Å². The second-order valence-electron chi connectivity index (χ2n) is 7.16. The van der Waals surface area contributed by atoms with Crippen LogP contribution in [0.3, 0.4) is 0 Å². The molecule has 0 aromatic heterocycles. The minimum absolute atomic E-state index is 0.293. The lowest BCUT2D eigenvalue weighted by atomic mass is 9.81. The van der Waals surface area contributed by atoms with E-state index in [4.69, 9.17) is 0 Å². The molecular weight excluding hydrogens is 314 g/mol. The molecular formula is C23H26F2. The van der Waals surface area contributed by atoms with E-state index in [2.05, 4.69) is 25.6 Å². The van der Waals surface area contributed by atoms with Crippen LogP contribution in [0.25, 0.3) is 16.6 Å². The summed E-state index contributed by atoms with van der Waals surface area (Å²) in [5.41, 5.74) is 1.63. The zero-order valence-electron chi connectivity index (χ0n) is 14.9. The number of allylic oxidation sites excluding steroid dienone is 2. The van der Waals surface area contributed by atoms with Gasteiger partial charge in [-0.25, -0.2) is 8.78 Å². The van der Waals surface area contributed by atoms with E-state index in [1.54, 1.807) is 12.1 Å². The van der Waals surface area contributed by atoms with Crippen molar-refractivity contribution in [2.45, 2.75) is 45.4 Å². The van der Waals surface area contributed by atoms with Crippen LogP contribution in [0, 0.1) is 11.8 Å². The number of benzene rings is 2. The van der Waals surface area contributed by atoms with Gasteiger partial charge in [-0.2, -0.15) is 0 Å². The highest BCUT2D eigenvalue weighted by atomic mass is 19.2. The Hall–Kier alpha value is -1.96. The molecule has 0 atom stereocenters. The average molecular weight is 340 g/mol. The van der Waals surface area contributed by atoms with Crippen LogP contribution < -0.4 is 0 Å². The first-order valence-electron chi connectivity index (χ1n) is 9.33. The van der Waals surface area contributed by atoms with E-state index < -0.39 is 11.7 Å². The van der Waals surface area contributed by atoms with Gasteiger partial charge in [0.2, 0.25) is 0 Å².